The summed E-state index contributed by atoms with van der Waals surface area (Å²) in [5, 5.41) is 3.09. The monoisotopic (exact) mass is 254 g/mol. The molecule has 0 aromatic rings. The lowest BCUT2D eigenvalue weighted by atomic mass is 10.2. The summed E-state index contributed by atoms with van der Waals surface area (Å²) in [7, 11) is 1.84. The Balaban J connectivity index is 1.81. The van der Waals surface area contributed by atoms with E-state index in [1.807, 2.05) is 14.0 Å². The molecule has 0 radical (unpaired) electrons. The number of nitrogens with zero attached hydrogens (tertiary/aromatic N) is 1. The first kappa shape index (κ1) is 13.8. The molecule has 0 heterocycles. The van der Waals surface area contributed by atoms with E-state index >= 15 is 0 Å². The molecular formula is C14H26N2O2. The molecule has 1 unspecified atom stereocenters. The zero-order valence-corrected chi connectivity index (χ0v) is 11.7. The third-order valence-electron chi connectivity index (χ3n) is 3.79. The van der Waals surface area contributed by atoms with Crippen molar-refractivity contribution in [2.45, 2.75) is 38.6 Å². The average Bonchev–Trinajstić information content (AvgIpc) is 3.21. The van der Waals surface area contributed by atoms with Gasteiger partial charge in [-0.25, -0.2) is 0 Å². The van der Waals surface area contributed by atoms with Gasteiger partial charge in [0.25, 0.3) is 0 Å². The zero-order chi connectivity index (χ0) is 13.0. The minimum atomic E-state index is -0.178. The Kier molecular flexibility index (Phi) is 5.01. The minimum Gasteiger partial charge on any atom is -0.465 e. The molecule has 0 aromatic heterocycles. The van der Waals surface area contributed by atoms with Gasteiger partial charge in [0, 0.05) is 19.6 Å². The molecule has 1 N–H and O–H groups in total. The van der Waals surface area contributed by atoms with Crippen LogP contribution in [0.15, 0.2) is 0 Å². The minimum absolute atomic E-state index is 0.114. The number of hydrogen-bond acceptors (Lipinski definition) is 4. The number of esters is 1. The number of carbonyl (C=O) groups excluding carboxylic acids is 1. The van der Waals surface area contributed by atoms with Crippen LogP contribution >= 0.6 is 0 Å². The van der Waals surface area contributed by atoms with Crippen molar-refractivity contribution >= 4 is 5.97 Å². The molecule has 2 aliphatic rings. The normalized spacial score (nSPS) is 21.1. The lowest BCUT2D eigenvalue weighted by Crippen LogP contribution is -2.46. The molecule has 2 rings (SSSR count). The van der Waals surface area contributed by atoms with E-state index in [0.29, 0.717) is 6.61 Å². The van der Waals surface area contributed by atoms with Crippen molar-refractivity contribution < 1.29 is 9.53 Å². The molecule has 1 atom stereocenters. The molecule has 0 aromatic carbocycles. The highest BCUT2D eigenvalue weighted by atomic mass is 16.5. The van der Waals surface area contributed by atoms with Crippen molar-refractivity contribution in [1.29, 1.82) is 0 Å². The van der Waals surface area contributed by atoms with Crippen molar-refractivity contribution in [3.63, 3.8) is 0 Å². The fraction of sp³-hybridized carbons (Fsp3) is 0.929. The van der Waals surface area contributed by atoms with Crippen LogP contribution in [0.1, 0.15) is 32.6 Å². The Morgan fingerprint density at radius 2 is 1.83 bits per heavy atom. The van der Waals surface area contributed by atoms with Gasteiger partial charge in [-0.05, 0) is 51.5 Å². The summed E-state index contributed by atoms with van der Waals surface area (Å²) < 4.78 is 5.11. The van der Waals surface area contributed by atoms with E-state index in [1.54, 1.807) is 0 Å². The Morgan fingerprint density at radius 1 is 1.28 bits per heavy atom. The molecule has 0 spiro atoms. The van der Waals surface area contributed by atoms with Crippen LogP contribution in [0.25, 0.3) is 0 Å². The van der Waals surface area contributed by atoms with Gasteiger partial charge in [0.15, 0.2) is 0 Å². The molecule has 0 amide bonds. The van der Waals surface area contributed by atoms with Gasteiger partial charge >= 0.3 is 5.97 Å². The van der Waals surface area contributed by atoms with Crippen molar-refractivity contribution in [1.82, 2.24) is 10.2 Å². The summed E-state index contributed by atoms with van der Waals surface area (Å²) in [5.74, 6) is 1.64. The first-order valence-electron chi connectivity index (χ1n) is 7.29. The summed E-state index contributed by atoms with van der Waals surface area (Å²) in [6.45, 7) is 5.43. The molecule has 0 saturated heterocycles. The largest absolute Gasteiger partial charge is 0.465 e. The maximum Gasteiger partial charge on any atom is 0.324 e. The van der Waals surface area contributed by atoms with Crippen LogP contribution in [0.5, 0.6) is 0 Å². The van der Waals surface area contributed by atoms with Gasteiger partial charge in [-0.15, -0.1) is 0 Å². The highest BCUT2D eigenvalue weighted by Crippen LogP contribution is 2.33. The van der Waals surface area contributed by atoms with E-state index in [4.69, 9.17) is 4.74 Å². The standard InChI is InChI=1S/C14H26N2O2/c1-3-18-14(17)13(15-2)10-16(8-11-4-5-11)9-12-6-7-12/h11-13,15H,3-10H2,1-2H3. The van der Waals surface area contributed by atoms with Crippen LogP contribution in [0.4, 0.5) is 0 Å². The van der Waals surface area contributed by atoms with E-state index in [1.165, 1.54) is 25.7 Å². The van der Waals surface area contributed by atoms with Crippen molar-refractivity contribution in [2.24, 2.45) is 11.8 Å². The average molecular weight is 254 g/mol. The molecule has 4 heteroatoms. The highest BCUT2D eigenvalue weighted by Gasteiger charge is 2.31. The maximum absolute atomic E-state index is 11.8. The number of carbonyl (C=O) groups is 1. The predicted octanol–water partition coefficient (Wildman–Crippen LogP) is 1.26. The molecule has 0 bridgehead atoms. The summed E-state index contributed by atoms with van der Waals surface area (Å²) in [6, 6.07) is -0.178. The summed E-state index contributed by atoms with van der Waals surface area (Å²) >= 11 is 0. The molecular weight excluding hydrogens is 228 g/mol. The first-order valence-corrected chi connectivity index (χ1v) is 7.29. The van der Waals surface area contributed by atoms with Crippen molar-refractivity contribution in [3.8, 4) is 0 Å². The Hall–Kier alpha value is -0.610. The second-order valence-electron chi connectivity index (χ2n) is 5.70. The van der Waals surface area contributed by atoms with Gasteiger partial charge in [-0.2, -0.15) is 0 Å². The van der Waals surface area contributed by atoms with E-state index in [2.05, 4.69) is 10.2 Å². The van der Waals surface area contributed by atoms with E-state index in [9.17, 15) is 4.79 Å². The lowest BCUT2D eigenvalue weighted by molar-refractivity contribution is -0.146. The topological polar surface area (TPSA) is 41.6 Å². The number of likely N-dealkylation sites (N-methyl/N-ethyl adjacent to an activating group) is 1. The fourth-order valence-electron chi connectivity index (χ4n) is 2.34. The molecule has 4 nitrogen and oxygen atoms in total. The summed E-state index contributed by atoms with van der Waals surface area (Å²) in [5.41, 5.74) is 0. The number of ether oxygens (including phenoxy) is 1. The molecule has 2 fully saturated rings. The van der Waals surface area contributed by atoms with E-state index < -0.39 is 0 Å². The van der Waals surface area contributed by atoms with Crippen LogP contribution in [-0.4, -0.2) is 50.2 Å². The summed E-state index contributed by atoms with van der Waals surface area (Å²) in [6.07, 6.45) is 5.46. The highest BCUT2D eigenvalue weighted by molar-refractivity contribution is 5.76. The second kappa shape index (κ2) is 6.53. The van der Waals surface area contributed by atoms with Crippen molar-refractivity contribution in [2.75, 3.05) is 33.3 Å². The van der Waals surface area contributed by atoms with Gasteiger partial charge in [0.2, 0.25) is 0 Å². The molecule has 2 aliphatic carbocycles. The quantitative estimate of drug-likeness (QED) is 0.629. The molecule has 0 aliphatic heterocycles. The second-order valence-corrected chi connectivity index (χ2v) is 5.70. The third kappa shape index (κ3) is 4.58. The zero-order valence-electron chi connectivity index (χ0n) is 11.7. The Morgan fingerprint density at radius 3 is 2.22 bits per heavy atom. The van der Waals surface area contributed by atoms with Gasteiger partial charge in [-0.3, -0.25) is 4.79 Å². The maximum atomic E-state index is 11.8. The Bertz CT molecular complexity index is 261. The lowest BCUT2D eigenvalue weighted by Gasteiger charge is -2.26. The smallest absolute Gasteiger partial charge is 0.324 e. The third-order valence-corrected chi connectivity index (χ3v) is 3.79. The summed E-state index contributed by atoms with van der Waals surface area (Å²) in [4.78, 5) is 14.3. The van der Waals surface area contributed by atoms with E-state index in [-0.39, 0.29) is 12.0 Å². The number of hydrogen-bond donors (Lipinski definition) is 1. The van der Waals surface area contributed by atoms with Crippen molar-refractivity contribution in [3.05, 3.63) is 0 Å². The molecule has 2 saturated carbocycles. The Labute approximate surface area is 110 Å². The van der Waals surface area contributed by atoms with E-state index in [0.717, 1.165) is 31.5 Å². The van der Waals surface area contributed by atoms with Crippen LogP contribution in [0, 0.1) is 11.8 Å². The van der Waals surface area contributed by atoms with Crippen LogP contribution in [-0.2, 0) is 9.53 Å². The van der Waals surface area contributed by atoms with Crippen LogP contribution < -0.4 is 5.32 Å². The predicted molar refractivity (Wildman–Crippen MR) is 71.4 cm³/mol. The van der Waals surface area contributed by atoms with Crippen LogP contribution in [0.3, 0.4) is 0 Å². The van der Waals surface area contributed by atoms with Gasteiger partial charge < -0.3 is 15.0 Å². The van der Waals surface area contributed by atoms with Gasteiger partial charge in [0.05, 0.1) is 6.61 Å². The number of nitrogens with one attached hydrogen (secondary N) is 1. The molecule has 18 heavy (non-hydrogen) atoms. The van der Waals surface area contributed by atoms with Gasteiger partial charge in [0.1, 0.15) is 6.04 Å². The fourth-order valence-corrected chi connectivity index (χ4v) is 2.34. The van der Waals surface area contributed by atoms with Gasteiger partial charge in [-0.1, -0.05) is 0 Å². The van der Waals surface area contributed by atoms with Crippen LogP contribution in [0.2, 0.25) is 0 Å². The number of rotatable bonds is 9. The molecule has 104 valence electrons. The SMILES string of the molecule is CCOC(=O)C(CN(CC1CC1)CC1CC1)NC. The first-order chi connectivity index (χ1) is 8.72.